The smallest absolute Gasteiger partial charge is 0.411 e. The molecule has 2 aliphatic rings. The zero-order valence-corrected chi connectivity index (χ0v) is 22.6. The van der Waals surface area contributed by atoms with E-state index in [-0.39, 0.29) is 43.0 Å². The second kappa shape index (κ2) is 13.3. The first kappa shape index (κ1) is 30.2. The molecule has 0 saturated carbocycles. The number of ether oxygens (including phenoxy) is 2. The largest absolute Gasteiger partial charge is 0.444 e. The van der Waals surface area contributed by atoms with Gasteiger partial charge in [0.25, 0.3) is 0 Å². The summed E-state index contributed by atoms with van der Waals surface area (Å²) in [4.78, 5) is 38.5. The molecule has 0 aromatic carbocycles. The van der Waals surface area contributed by atoms with Gasteiger partial charge in [-0.25, -0.2) is 9.59 Å². The fraction of sp³-hybridized carbons (Fsp3) is 0.885. The Bertz CT molecular complexity index is 655. The van der Waals surface area contributed by atoms with Crippen LogP contribution in [0.25, 0.3) is 0 Å². The Hall–Kier alpha value is -1.83. The van der Waals surface area contributed by atoms with Crippen LogP contribution in [0, 0.1) is 0 Å². The highest BCUT2D eigenvalue weighted by Gasteiger charge is 2.39. The van der Waals surface area contributed by atoms with Crippen molar-refractivity contribution in [2.75, 3.05) is 6.61 Å². The van der Waals surface area contributed by atoms with Crippen molar-refractivity contribution in [3.05, 3.63) is 0 Å². The van der Waals surface area contributed by atoms with E-state index in [1.54, 1.807) is 9.80 Å². The molecule has 1 N–H and O–H groups in total. The SMILES string of the molecule is CCC[C@@H]1CC[C@H](C=O)N1C(=O)OC(C)(C)C.CCC[C@@H]1CC[C@H](CO)N1C(=O)OC(C)(C)C. The minimum atomic E-state index is -0.510. The van der Waals surface area contributed by atoms with Crippen LogP contribution >= 0.6 is 0 Å². The molecule has 0 radical (unpaired) electrons. The third-order valence-electron chi connectivity index (χ3n) is 5.99. The topological polar surface area (TPSA) is 96.4 Å². The highest BCUT2D eigenvalue weighted by Crippen LogP contribution is 2.29. The lowest BCUT2D eigenvalue weighted by Gasteiger charge is -2.32. The molecule has 0 aromatic rings. The van der Waals surface area contributed by atoms with E-state index in [2.05, 4.69) is 13.8 Å². The molecule has 0 aromatic heterocycles. The molecular formula is C26H48N2O6. The third kappa shape index (κ3) is 9.43. The van der Waals surface area contributed by atoms with Crippen LogP contribution in [0.2, 0.25) is 0 Å². The van der Waals surface area contributed by atoms with Crippen molar-refractivity contribution in [3.8, 4) is 0 Å². The third-order valence-corrected chi connectivity index (χ3v) is 5.99. The van der Waals surface area contributed by atoms with E-state index in [9.17, 15) is 19.5 Å². The van der Waals surface area contributed by atoms with Crippen molar-refractivity contribution < 1.29 is 29.0 Å². The average molecular weight is 485 g/mol. The predicted molar refractivity (Wildman–Crippen MR) is 133 cm³/mol. The number of carbonyl (C=O) groups is 3. The molecule has 2 amide bonds. The molecule has 34 heavy (non-hydrogen) atoms. The van der Waals surface area contributed by atoms with Crippen LogP contribution in [0.5, 0.6) is 0 Å². The lowest BCUT2D eigenvalue weighted by atomic mass is 10.1. The molecular weight excluding hydrogens is 436 g/mol. The first-order chi connectivity index (χ1) is 15.8. The lowest BCUT2D eigenvalue weighted by Crippen LogP contribution is -2.45. The van der Waals surface area contributed by atoms with Gasteiger partial charge in [-0.15, -0.1) is 0 Å². The lowest BCUT2D eigenvalue weighted by molar-refractivity contribution is -0.112. The zero-order valence-electron chi connectivity index (χ0n) is 22.6. The van der Waals surface area contributed by atoms with Crippen LogP contribution in [0.4, 0.5) is 9.59 Å². The molecule has 4 atom stereocenters. The van der Waals surface area contributed by atoms with Crippen LogP contribution in [0.15, 0.2) is 0 Å². The maximum absolute atomic E-state index is 12.1. The van der Waals surface area contributed by atoms with Crippen LogP contribution in [0.3, 0.4) is 0 Å². The summed E-state index contributed by atoms with van der Waals surface area (Å²) in [6.07, 6.45) is 7.69. The normalized spacial score (nSPS) is 25.0. The summed E-state index contributed by atoms with van der Waals surface area (Å²) in [6, 6.07) is 0.0137. The second-order valence-electron chi connectivity index (χ2n) is 11.4. The average Bonchev–Trinajstić information content (AvgIpc) is 3.30. The minimum Gasteiger partial charge on any atom is -0.444 e. The molecule has 0 aliphatic carbocycles. The standard InChI is InChI=1S/C13H25NO3.C13H23NO3/c2*1-5-6-10-7-8-11(9-15)14(10)12(16)17-13(2,3)4/h10-11,15H,5-9H2,1-4H3;9-11H,5-8H2,1-4H3/t2*10-,11-/m11/s1. The highest BCUT2D eigenvalue weighted by molar-refractivity contribution is 5.75. The molecule has 198 valence electrons. The van der Waals surface area contributed by atoms with Gasteiger partial charge in [-0.1, -0.05) is 26.7 Å². The van der Waals surface area contributed by atoms with Gasteiger partial charge in [0.15, 0.2) is 0 Å². The van der Waals surface area contributed by atoms with Crippen molar-refractivity contribution in [1.82, 2.24) is 9.80 Å². The minimum absolute atomic E-state index is 0.0272. The predicted octanol–water partition coefficient (Wildman–Crippen LogP) is 5.30. The molecule has 0 unspecified atom stereocenters. The molecule has 8 nitrogen and oxygen atoms in total. The molecule has 2 heterocycles. The Labute approximate surface area is 206 Å². The zero-order chi connectivity index (χ0) is 26.1. The van der Waals surface area contributed by atoms with Gasteiger partial charge in [-0.3, -0.25) is 9.80 Å². The summed E-state index contributed by atoms with van der Waals surface area (Å²) in [7, 11) is 0. The quantitative estimate of drug-likeness (QED) is 0.514. The van der Waals surface area contributed by atoms with Crippen LogP contribution in [-0.2, 0) is 14.3 Å². The maximum atomic E-state index is 12.1. The highest BCUT2D eigenvalue weighted by atomic mass is 16.6. The Morgan fingerprint density at radius 1 is 0.794 bits per heavy atom. The second-order valence-corrected chi connectivity index (χ2v) is 11.4. The van der Waals surface area contributed by atoms with Gasteiger partial charge in [-0.2, -0.15) is 0 Å². The Balaban J connectivity index is 0.000000340. The summed E-state index contributed by atoms with van der Waals surface area (Å²) in [5, 5.41) is 9.32. The van der Waals surface area contributed by atoms with E-state index in [1.807, 2.05) is 41.5 Å². The molecule has 0 spiro atoms. The Morgan fingerprint density at radius 2 is 1.21 bits per heavy atom. The van der Waals surface area contributed by atoms with Gasteiger partial charge in [0.05, 0.1) is 18.7 Å². The number of nitrogens with zero attached hydrogens (tertiary/aromatic N) is 2. The van der Waals surface area contributed by atoms with Gasteiger partial charge in [0.1, 0.15) is 17.5 Å². The summed E-state index contributed by atoms with van der Waals surface area (Å²) in [5.74, 6) is 0. The van der Waals surface area contributed by atoms with Crippen LogP contribution < -0.4 is 0 Å². The van der Waals surface area contributed by atoms with E-state index >= 15 is 0 Å². The van der Waals surface area contributed by atoms with E-state index in [4.69, 9.17) is 9.47 Å². The van der Waals surface area contributed by atoms with E-state index < -0.39 is 11.2 Å². The fourth-order valence-corrected chi connectivity index (χ4v) is 4.63. The first-order valence-corrected chi connectivity index (χ1v) is 12.9. The molecule has 2 aliphatic heterocycles. The van der Waals surface area contributed by atoms with Crippen molar-refractivity contribution in [3.63, 3.8) is 0 Å². The van der Waals surface area contributed by atoms with Crippen LogP contribution in [-0.4, -0.2) is 75.4 Å². The van der Waals surface area contributed by atoms with E-state index in [0.29, 0.717) is 0 Å². The number of hydrogen-bond donors (Lipinski definition) is 1. The summed E-state index contributed by atoms with van der Waals surface area (Å²) in [5.41, 5.74) is -0.986. The fourth-order valence-electron chi connectivity index (χ4n) is 4.63. The molecule has 2 saturated heterocycles. The number of likely N-dealkylation sites (tertiary alicyclic amines) is 2. The van der Waals surface area contributed by atoms with Crippen molar-refractivity contribution >= 4 is 18.5 Å². The summed E-state index contributed by atoms with van der Waals surface area (Å²) < 4.78 is 10.8. The number of carbonyl (C=O) groups excluding carboxylic acids is 3. The number of hydrogen-bond acceptors (Lipinski definition) is 6. The number of amides is 2. The summed E-state index contributed by atoms with van der Waals surface area (Å²) >= 11 is 0. The maximum Gasteiger partial charge on any atom is 0.411 e. The number of rotatable bonds is 6. The van der Waals surface area contributed by atoms with Gasteiger partial charge in [-0.05, 0) is 80.1 Å². The van der Waals surface area contributed by atoms with Gasteiger partial charge in [0, 0.05) is 12.1 Å². The number of aliphatic hydroxyl groups excluding tert-OH is 1. The van der Waals surface area contributed by atoms with E-state index in [1.165, 1.54) is 0 Å². The monoisotopic (exact) mass is 484 g/mol. The number of aliphatic hydroxyl groups is 1. The van der Waals surface area contributed by atoms with E-state index in [0.717, 1.165) is 57.7 Å². The van der Waals surface area contributed by atoms with Gasteiger partial charge in [0.2, 0.25) is 0 Å². The van der Waals surface area contributed by atoms with Crippen molar-refractivity contribution in [2.45, 2.75) is 142 Å². The molecule has 2 rings (SSSR count). The Kier molecular flexibility index (Phi) is 11.8. The number of aldehydes is 1. The summed E-state index contributed by atoms with van der Waals surface area (Å²) in [6.45, 7) is 15.3. The van der Waals surface area contributed by atoms with Gasteiger partial charge >= 0.3 is 12.2 Å². The molecule has 2 fully saturated rings. The van der Waals surface area contributed by atoms with Gasteiger partial charge < -0.3 is 19.4 Å². The molecule has 0 bridgehead atoms. The molecule has 8 heteroatoms. The van der Waals surface area contributed by atoms with Crippen molar-refractivity contribution in [1.29, 1.82) is 0 Å². The van der Waals surface area contributed by atoms with Crippen molar-refractivity contribution in [2.24, 2.45) is 0 Å². The Morgan fingerprint density at radius 3 is 1.62 bits per heavy atom. The first-order valence-electron chi connectivity index (χ1n) is 12.9. The van der Waals surface area contributed by atoms with Crippen LogP contribution in [0.1, 0.15) is 107 Å².